The number of carbonyl (C=O) groups excluding carboxylic acids is 1. The van der Waals surface area contributed by atoms with Crippen LogP contribution in [0.25, 0.3) is 49.4 Å². The molecular formula is C39H38O2. The molecule has 0 saturated carbocycles. The molecule has 0 fully saturated rings. The first-order valence-electron chi connectivity index (χ1n) is 14.4. The van der Waals surface area contributed by atoms with Gasteiger partial charge in [-0.25, -0.2) is 4.79 Å². The summed E-state index contributed by atoms with van der Waals surface area (Å²) >= 11 is 0. The number of fused-ring (bicyclic) bond motifs is 3. The van der Waals surface area contributed by atoms with Crippen LogP contribution in [-0.2, 0) is 16.0 Å². The fourth-order valence-electron chi connectivity index (χ4n) is 5.53. The molecule has 0 amide bonds. The number of allylic oxidation sites excluding steroid dienone is 1. The average Bonchev–Trinajstić information content (AvgIpc) is 2.99. The predicted octanol–water partition coefficient (Wildman–Crippen LogP) is 10.4. The molecular weight excluding hydrogens is 500 g/mol. The Morgan fingerprint density at radius 1 is 0.659 bits per heavy atom. The minimum atomic E-state index is -0.310. The van der Waals surface area contributed by atoms with Crippen molar-refractivity contribution in [1.29, 1.82) is 0 Å². The van der Waals surface area contributed by atoms with E-state index in [0.717, 1.165) is 24.8 Å². The Labute approximate surface area is 244 Å². The van der Waals surface area contributed by atoms with E-state index in [-0.39, 0.29) is 5.97 Å². The Balaban J connectivity index is 1.42. The number of esters is 1. The monoisotopic (exact) mass is 538 g/mol. The zero-order valence-electron chi connectivity index (χ0n) is 24.6. The Morgan fingerprint density at radius 2 is 1.22 bits per heavy atom. The number of aryl methyl sites for hydroxylation is 3. The minimum Gasteiger partial charge on any atom is -0.462 e. The molecule has 5 aromatic carbocycles. The number of benzene rings is 5. The molecule has 2 heteroatoms. The topological polar surface area (TPSA) is 26.3 Å². The van der Waals surface area contributed by atoms with Gasteiger partial charge in [-0.2, -0.15) is 0 Å². The normalized spacial score (nSPS) is 11.1. The van der Waals surface area contributed by atoms with Gasteiger partial charge in [0, 0.05) is 5.57 Å². The lowest BCUT2D eigenvalue weighted by atomic mass is 9.89. The molecule has 0 aliphatic rings. The summed E-state index contributed by atoms with van der Waals surface area (Å²) in [4.78, 5) is 11.6. The number of ether oxygens (including phenoxy) is 1. The number of rotatable bonds is 9. The number of unbranched alkanes of at least 4 members (excludes halogenated alkanes) is 1. The summed E-state index contributed by atoms with van der Waals surface area (Å²) in [7, 11) is 0. The summed E-state index contributed by atoms with van der Waals surface area (Å²) in [6, 6.07) is 31.2. The molecule has 0 spiro atoms. The van der Waals surface area contributed by atoms with E-state index in [1.54, 1.807) is 6.92 Å². The van der Waals surface area contributed by atoms with E-state index in [4.69, 9.17) is 4.74 Å². The Morgan fingerprint density at radius 3 is 1.80 bits per heavy atom. The lowest BCUT2D eigenvalue weighted by molar-refractivity contribution is -0.139. The fraction of sp³-hybridized carbons (Fsp3) is 0.205. The van der Waals surface area contributed by atoms with Crippen molar-refractivity contribution < 1.29 is 9.53 Å². The Bertz CT molecular complexity index is 1800. The summed E-state index contributed by atoms with van der Waals surface area (Å²) < 4.78 is 5.23. The molecule has 0 radical (unpaired) electrons. The highest BCUT2D eigenvalue weighted by Gasteiger charge is 2.12. The third-order valence-electron chi connectivity index (χ3n) is 8.09. The predicted molar refractivity (Wildman–Crippen MR) is 175 cm³/mol. The van der Waals surface area contributed by atoms with E-state index in [2.05, 4.69) is 119 Å². The largest absolute Gasteiger partial charge is 0.462 e. The van der Waals surface area contributed by atoms with Crippen molar-refractivity contribution in [3.63, 3.8) is 0 Å². The van der Waals surface area contributed by atoms with E-state index < -0.39 is 0 Å². The number of hydrogen-bond acceptors (Lipinski definition) is 2. The highest BCUT2D eigenvalue weighted by molar-refractivity contribution is 6.12. The van der Waals surface area contributed by atoms with Crippen LogP contribution in [0.15, 0.2) is 104 Å². The van der Waals surface area contributed by atoms with Gasteiger partial charge in [-0.05, 0) is 131 Å². The highest BCUT2D eigenvalue weighted by atomic mass is 16.5. The molecule has 0 aromatic heterocycles. The number of carbonyl (C=O) groups is 1. The zero-order valence-corrected chi connectivity index (χ0v) is 24.6. The van der Waals surface area contributed by atoms with Gasteiger partial charge in [0.1, 0.15) is 0 Å². The second kappa shape index (κ2) is 12.0. The molecule has 0 aliphatic heterocycles. The van der Waals surface area contributed by atoms with E-state index in [1.165, 1.54) is 66.1 Å². The molecule has 0 aliphatic carbocycles. The average molecular weight is 539 g/mol. The van der Waals surface area contributed by atoms with E-state index >= 15 is 0 Å². The highest BCUT2D eigenvalue weighted by Crippen LogP contribution is 2.37. The summed E-state index contributed by atoms with van der Waals surface area (Å²) in [5, 5.41) is 5.18. The van der Waals surface area contributed by atoms with Crippen molar-refractivity contribution in [2.24, 2.45) is 0 Å². The molecule has 0 saturated heterocycles. The molecule has 5 rings (SSSR count). The van der Waals surface area contributed by atoms with Crippen LogP contribution in [0, 0.1) is 13.8 Å². The summed E-state index contributed by atoms with van der Waals surface area (Å²) in [5.41, 5.74) is 11.5. The second-order valence-corrected chi connectivity index (χ2v) is 11.2. The van der Waals surface area contributed by atoms with Crippen LogP contribution in [0.5, 0.6) is 0 Å². The molecule has 0 unspecified atom stereocenters. The van der Waals surface area contributed by atoms with Crippen LogP contribution >= 0.6 is 0 Å². The lowest BCUT2D eigenvalue weighted by Crippen LogP contribution is -2.06. The summed E-state index contributed by atoms with van der Waals surface area (Å²) in [5.74, 6) is -0.310. The van der Waals surface area contributed by atoms with Gasteiger partial charge in [0.25, 0.3) is 0 Å². The van der Waals surface area contributed by atoms with Gasteiger partial charge in [0.15, 0.2) is 0 Å². The molecule has 2 nitrogen and oxygen atoms in total. The van der Waals surface area contributed by atoms with Crippen LogP contribution in [0.4, 0.5) is 0 Å². The van der Waals surface area contributed by atoms with Crippen molar-refractivity contribution >= 4 is 33.1 Å². The smallest absolute Gasteiger partial charge is 0.333 e. The molecule has 5 aromatic rings. The van der Waals surface area contributed by atoms with Crippen LogP contribution < -0.4 is 0 Å². The van der Waals surface area contributed by atoms with Crippen molar-refractivity contribution in [3.8, 4) is 22.3 Å². The maximum atomic E-state index is 11.6. The molecule has 206 valence electrons. The first-order chi connectivity index (χ1) is 19.7. The molecule has 41 heavy (non-hydrogen) atoms. The fourth-order valence-corrected chi connectivity index (χ4v) is 5.53. The van der Waals surface area contributed by atoms with E-state index in [1.807, 2.05) is 0 Å². The molecule has 0 bridgehead atoms. The van der Waals surface area contributed by atoms with Gasteiger partial charge in [-0.3, -0.25) is 0 Å². The maximum absolute atomic E-state index is 11.6. The first kappa shape index (κ1) is 28.1. The standard InChI is InChI=1S/C39H38O2/c1-25(2)30-13-10-15-32(22-30)34-17-19-36-35-18-16-33(23-37(35)27(5)28(6)38(36)24-34)31-14-9-12-29(21-31)11-7-8-20-41-39(40)26(3)4/h9-10,12-19,21-24H,1,3,7-8,11,20H2,2,4-6H3. The second-order valence-electron chi connectivity index (χ2n) is 11.2. The van der Waals surface area contributed by atoms with E-state index in [0.29, 0.717) is 12.2 Å². The van der Waals surface area contributed by atoms with Gasteiger partial charge in [0.05, 0.1) is 6.61 Å². The number of hydrogen-bond donors (Lipinski definition) is 0. The first-order valence-corrected chi connectivity index (χ1v) is 14.4. The maximum Gasteiger partial charge on any atom is 0.333 e. The van der Waals surface area contributed by atoms with Gasteiger partial charge in [-0.1, -0.05) is 85.5 Å². The Hall–Kier alpha value is -4.43. The van der Waals surface area contributed by atoms with Crippen molar-refractivity contribution in [2.45, 2.75) is 47.0 Å². The van der Waals surface area contributed by atoms with Gasteiger partial charge in [0.2, 0.25) is 0 Å². The van der Waals surface area contributed by atoms with Crippen molar-refractivity contribution in [2.75, 3.05) is 6.61 Å². The summed E-state index contributed by atoms with van der Waals surface area (Å²) in [6.45, 7) is 16.4. The van der Waals surface area contributed by atoms with Crippen LogP contribution in [0.3, 0.4) is 0 Å². The third kappa shape index (κ3) is 6.02. The molecule has 0 N–H and O–H groups in total. The summed E-state index contributed by atoms with van der Waals surface area (Å²) in [6.07, 6.45) is 2.76. The van der Waals surface area contributed by atoms with E-state index in [9.17, 15) is 4.79 Å². The van der Waals surface area contributed by atoms with Crippen molar-refractivity contribution in [1.82, 2.24) is 0 Å². The molecule has 0 atom stereocenters. The van der Waals surface area contributed by atoms with Crippen LogP contribution in [0.2, 0.25) is 0 Å². The zero-order chi connectivity index (χ0) is 29.1. The lowest BCUT2D eigenvalue weighted by Gasteiger charge is -2.15. The Kier molecular flexibility index (Phi) is 8.21. The molecule has 0 heterocycles. The van der Waals surface area contributed by atoms with Gasteiger partial charge >= 0.3 is 5.97 Å². The van der Waals surface area contributed by atoms with Crippen LogP contribution in [-0.4, -0.2) is 12.6 Å². The SMILES string of the molecule is C=C(C)C(=O)OCCCCc1cccc(-c2ccc3c(c2)c(C)c(C)c2cc(-c4cccc(C(=C)C)c4)ccc23)c1. The van der Waals surface area contributed by atoms with Crippen LogP contribution in [0.1, 0.15) is 48.9 Å². The van der Waals surface area contributed by atoms with Gasteiger partial charge in [-0.15, -0.1) is 0 Å². The van der Waals surface area contributed by atoms with Crippen molar-refractivity contribution in [3.05, 3.63) is 126 Å². The third-order valence-corrected chi connectivity index (χ3v) is 8.09. The minimum absolute atomic E-state index is 0.310. The van der Waals surface area contributed by atoms with Gasteiger partial charge < -0.3 is 4.74 Å². The quantitative estimate of drug-likeness (QED) is 0.0807.